The highest BCUT2D eigenvalue weighted by molar-refractivity contribution is 5.76. The molecule has 5 heteroatoms. The fourth-order valence-corrected chi connectivity index (χ4v) is 1.35. The normalized spacial score (nSPS) is 10.0. The molecule has 17 heavy (non-hydrogen) atoms. The van der Waals surface area contributed by atoms with E-state index in [9.17, 15) is 9.18 Å². The highest BCUT2D eigenvalue weighted by Gasteiger charge is 2.02. The van der Waals surface area contributed by atoms with E-state index >= 15 is 0 Å². The molecule has 0 aliphatic rings. The van der Waals surface area contributed by atoms with E-state index in [0.717, 1.165) is 6.42 Å². The zero-order valence-electron chi connectivity index (χ0n) is 9.92. The van der Waals surface area contributed by atoms with Crippen molar-refractivity contribution >= 4 is 17.3 Å². The number of nitrogens with one attached hydrogen (secondary N) is 2. The first-order valence-electron chi connectivity index (χ1n) is 5.69. The molecule has 0 aromatic heterocycles. The van der Waals surface area contributed by atoms with Gasteiger partial charge < -0.3 is 16.4 Å². The molecule has 1 rings (SSSR count). The largest absolute Gasteiger partial charge is 0.397 e. The number of rotatable bonds is 6. The van der Waals surface area contributed by atoms with E-state index < -0.39 is 0 Å². The molecule has 0 saturated heterocycles. The van der Waals surface area contributed by atoms with Crippen LogP contribution in [0, 0.1) is 5.82 Å². The number of carbonyl (C=O) groups is 1. The van der Waals surface area contributed by atoms with Gasteiger partial charge in [-0.25, -0.2) is 4.39 Å². The second kappa shape index (κ2) is 6.73. The first-order valence-corrected chi connectivity index (χ1v) is 5.69. The van der Waals surface area contributed by atoms with Crippen molar-refractivity contribution in [2.75, 3.05) is 24.1 Å². The second-order valence-corrected chi connectivity index (χ2v) is 3.76. The molecular formula is C12H18FN3O. The molecule has 0 unspecified atom stereocenters. The van der Waals surface area contributed by atoms with Gasteiger partial charge in [0, 0.05) is 19.5 Å². The van der Waals surface area contributed by atoms with Crippen LogP contribution in [0.25, 0.3) is 0 Å². The van der Waals surface area contributed by atoms with E-state index in [1.807, 2.05) is 6.92 Å². The van der Waals surface area contributed by atoms with Gasteiger partial charge in [-0.15, -0.1) is 0 Å². The first-order chi connectivity index (χ1) is 8.13. The van der Waals surface area contributed by atoms with Crippen LogP contribution in [0.1, 0.15) is 19.8 Å². The Kier molecular flexibility index (Phi) is 5.26. The summed E-state index contributed by atoms with van der Waals surface area (Å²) >= 11 is 0. The van der Waals surface area contributed by atoms with Gasteiger partial charge in [0.15, 0.2) is 0 Å². The van der Waals surface area contributed by atoms with Gasteiger partial charge in [-0.3, -0.25) is 4.79 Å². The lowest BCUT2D eigenvalue weighted by atomic mass is 10.2. The van der Waals surface area contributed by atoms with Crippen LogP contribution in [0.3, 0.4) is 0 Å². The van der Waals surface area contributed by atoms with Gasteiger partial charge in [0.1, 0.15) is 5.82 Å². The Balaban J connectivity index is 2.35. The molecule has 0 fully saturated rings. The Bertz CT molecular complexity index is 382. The highest BCUT2D eigenvalue weighted by Crippen LogP contribution is 2.18. The molecule has 0 spiro atoms. The van der Waals surface area contributed by atoms with Crippen molar-refractivity contribution in [3.05, 3.63) is 24.0 Å². The number of carbonyl (C=O) groups excluding carboxylic acids is 1. The molecule has 0 heterocycles. The van der Waals surface area contributed by atoms with Gasteiger partial charge in [0.2, 0.25) is 5.91 Å². The second-order valence-electron chi connectivity index (χ2n) is 3.76. The molecule has 1 aromatic carbocycles. The van der Waals surface area contributed by atoms with E-state index in [2.05, 4.69) is 10.6 Å². The third-order valence-corrected chi connectivity index (χ3v) is 2.26. The average Bonchev–Trinajstić information content (AvgIpc) is 2.31. The standard InChI is InChI=1S/C12H18FN3O/c1-2-6-16-12(17)5-7-15-11-8-9(13)3-4-10(11)14/h3-4,8,15H,2,5-7,14H2,1H3,(H,16,17). The SMILES string of the molecule is CCCNC(=O)CCNc1cc(F)ccc1N. The Morgan fingerprint density at radius 3 is 2.88 bits per heavy atom. The molecule has 4 N–H and O–H groups in total. The fourth-order valence-electron chi connectivity index (χ4n) is 1.35. The average molecular weight is 239 g/mol. The van der Waals surface area contributed by atoms with Crippen LogP contribution in [0.15, 0.2) is 18.2 Å². The third-order valence-electron chi connectivity index (χ3n) is 2.26. The smallest absolute Gasteiger partial charge is 0.221 e. The number of hydrogen-bond acceptors (Lipinski definition) is 3. The van der Waals surface area contributed by atoms with E-state index in [-0.39, 0.29) is 11.7 Å². The summed E-state index contributed by atoms with van der Waals surface area (Å²) < 4.78 is 12.9. The molecule has 0 atom stereocenters. The van der Waals surface area contributed by atoms with Gasteiger partial charge in [-0.05, 0) is 24.6 Å². The van der Waals surface area contributed by atoms with Crippen LogP contribution in [0.2, 0.25) is 0 Å². The van der Waals surface area contributed by atoms with Crippen molar-refractivity contribution in [3.63, 3.8) is 0 Å². The Hall–Kier alpha value is -1.78. The molecule has 1 amide bonds. The van der Waals surface area contributed by atoms with Crippen molar-refractivity contribution in [1.29, 1.82) is 0 Å². The summed E-state index contributed by atoms with van der Waals surface area (Å²) in [7, 11) is 0. The van der Waals surface area contributed by atoms with E-state index in [1.165, 1.54) is 18.2 Å². The predicted octanol–water partition coefficient (Wildman–Crippen LogP) is 1.74. The maximum Gasteiger partial charge on any atom is 0.221 e. The number of nitrogen functional groups attached to an aromatic ring is 1. The summed E-state index contributed by atoms with van der Waals surface area (Å²) in [5.41, 5.74) is 6.65. The van der Waals surface area contributed by atoms with Gasteiger partial charge in [-0.2, -0.15) is 0 Å². The van der Waals surface area contributed by atoms with Crippen LogP contribution in [-0.2, 0) is 4.79 Å². The van der Waals surface area contributed by atoms with Crippen molar-refractivity contribution in [2.24, 2.45) is 0 Å². The van der Waals surface area contributed by atoms with Gasteiger partial charge >= 0.3 is 0 Å². The van der Waals surface area contributed by atoms with E-state index in [0.29, 0.717) is 30.9 Å². The van der Waals surface area contributed by atoms with Crippen molar-refractivity contribution in [2.45, 2.75) is 19.8 Å². The van der Waals surface area contributed by atoms with Crippen LogP contribution >= 0.6 is 0 Å². The molecular weight excluding hydrogens is 221 g/mol. The Morgan fingerprint density at radius 1 is 1.41 bits per heavy atom. The highest BCUT2D eigenvalue weighted by atomic mass is 19.1. The monoisotopic (exact) mass is 239 g/mol. The molecule has 0 aliphatic carbocycles. The summed E-state index contributed by atoms with van der Waals surface area (Å²) in [6.45, 7) is 3.11. The molecule has 4 nitrogen and oxygen atoms in total. The number of anilines is 2. The summed E-state index contributed by atoms with van der Waals surface area (Å²) in [4.78, 5) is 11.3. The van der Waals surface area contributed by atoms with Crippen LogP contribution in [-0.4, -0.2) is 19.0 Å². The van der Waals surface area contributed by atoms with Crippen molar-refractivity contribution in [1.82, 2.24) is 5.32 Å². The number of halogens is 1. The van der Waals surface area contributed by atoms with E-state index in [1.54, 1.807) is 0 Å². The third kappa shape index (κ3) is 4.72. The minimum Gasteiger partial charge on any atom is -0.397 e. The minimum atomic E-state index is -0.350. The Labute approximate surface area is 100 Å². The number of nitrogens with two attached hydrogens (primary N) is 1. The maximum atomic E-state index is 12.9. The molecule has 0 radical (unpaired) electrons. The van der Waals surface area contributed by atoms with Gasteiger partial charge in [0.05, 0.1) is 11.4 Å². The van der Waals surface area contributed by atoms with Gasteiger partial charge in [-0.1, -0.05) is 6.92 Å². The molecule has 94 valence electrons. The lowest BCUT2D eigenvalue weighted by molar-refractivity contribution is -0.120. The van der Waals surface area contributed by atoms with Crippen LogP contribution < -0.4 is 16.4 Å². The summed E-state index contributed by atoms with van der Waals surface area (Å²) in [5.74, 6) is -0.369. The molecule has 0 saturated carbocycles. The Morgan fingerprint density at radius 2 is 2.18 bits per heavy atom. The summed E-state index contributed by atoms with van der Waals surface area (Å²) in [6, 6.07) is 4.11. The van der Waals surface area contributed by atoms with Gasteiger partial charge in [0.25, 0.3) is 0 Å². The zero-order chi connectivity index (χ0) is 12.7. The van der Waals surface area contributed by atoms with E-state index in [4.69, 9.17) is 5.73 Å². The summed E-state index contributed by atoms with van der Waals surface area (Å²) in [5, 5.41) is 5.70. The quantitative estimate of drug-likeness (QED) is 0.662. The zero-order valence-corrected chi connectivity index (χ0v) is 9.92. The first kappa shape index (κ1) is 13.3. The van der Waals surface area contributed by atoms with Crippen LogP contribution in [0.4, 0.5) is 15.8 Å². The predicted molar refractivity (Wildman–Crippen MR) is 67.2 cm³/mol. The minimum absolute atomic E-state index is 0.0191. The fraction of sp³-hybridized carbons (Fsp3) is 0.417. The lowest BCUT2D eigenvalue weighted by Gasteiger charge is -2.09. The molecule has 0 bridgehead atoms. The topological polar surface area (TPSA) is 67.2 Å². The molecule has 0 aliphatic heterocycles. The van der Waals surface area contributed by atoms with Crippen LogP contribution in [0.5, 0.6) is 0 Å². The van der Waals surface area contributed by atoms with Crippen molar-refractivity contribution < 1.29 is 9.18 Å². The maximum absolute atomic E-state index is 12.9. The lowest BCUT2D eigenvalue weighted by Crippen LogP contribution is -2.25. The number of benzene rings is 1. The number of amides is 1. The number of hydrogen-bond donors (Lipinski definition) is 3. The van der Waals surface area contributed by atoms with Crippen molar-refractivity contribution in [3.8, 4) is 0 Å². The summed E-state index contributed by atoms with van der Waals surface area (Å²) in [6.07, 6.45) is 1.26. The molecule has 1 aromatic rings.